The smallest absolute Gasteiger partial charge is 0.292 e. The van der Waals surface area contributed by atoms with Gasteiger partial charge in [0.05, 0.1) is 5.56 Å². The number of hydrogen-bond donors (Lipinski definition) is 1. The molecule has 0 saturated heterocycles. The zero-order valence-electron chi connectivity index (χ0n) is 15.8. The number of thiophene rings is 1. The van der Waals surface area contributed by atoms with Crippen LogP contribution in [0.15, 0.2) is 34.7 Å². The first-order valence-electron chi connectivity index (χ1n) is 9.21. The van der Waals surface area contributed by atoms with Crippen molar-refractivity contribution in [2.24, 2.45) is 11.3 Å². The number of carbonyl (C=O) groups is 1. The van der Waals surface area contributed by atoms with Gasteiger partial charge in [-0.1, -0.05) is 39.0 Å². The Balaban J connectivity index is 1.62. The summed E-state index contributed by atoms with van der Waals surface area (Å²) >= 11 is 1.54. The second-order valence-electron chi connectivity index (χ2n) is 8.23. The van der Waals surface area contributed by atoms with E-state index >= 15 is 0 Å². The van der Waals surface area contributed by atoms with Crippen LogP contribution >= 0.6 is 11.3 Å². The molecule has 2 aromatic heterocycles. The van der Waals surface area contributed by atoms with Gasteiger partial charge in [-0.3, -0.25) is 4.79 Å². The van der Waals surface area contributed by atoms with Gasteiger partial charge in [-0.25, -0.2) is 0 Å². The number of furan rings is 1. The molecule has 1 N–H and O–H groups in total. The minimum absolute atomic E-state index is 0.242. The van der Waals surface area contributed by atoms with Gasteiger partial charge < -0.3 is 9.73 Å². The molecular weight excluding hydrogens is 356 g/mol. The fourth-order valence-electron chi connectivity index (χ4n) is 3.79. The van der Waals surface area contributed by atoms with E-state index in [-0.39, 0.29) is 17.1 Å². The Bertz CT molecular complexity index is 1030. The first-order chi connectivity index (χ1) is 12.9. The molecule has 5 heteroatoms. The van der Waals surface area contributed by atoms with Crippen molar-refractivity contribution >= 4 is 33.2 Å². The van der Waals surface area contributed by atoms with E-state index in [1.54, 1.807) is 17.4 Å². The van der Waals surface area contributed by atoms with Crippen molar-refractivity contribution in [2.75, 3.05) is 5.32 Å². The van der Waals surface area contributed by atoms with Gasteiger partial charge in [-0.05, 0) is 48.3 Å². The van der Waals surface area contributed by atoms with Crippen molar-refractivity contribution in [2.45, 2.75) is 40.0 Å². The predicted octanol–water partition coefficient (Wildman–Crippen LogP) is 5.77. The standard InChI is InChI=1S/C22H22N2O2S/c1-22(2,3)14-8-9-15-16(12-23)21(27-19(15)11-14)24-20(25)18-10-13-6-4-5-7-17(13)26-18/h4-7,10,14H,8-9,11H2,1-3H3,(H,24,25)/t14-/m1/s1. The molecule has 0 unspecified atom stereocenters. The van der Waals surface area contributed by atoms with Crippen LogP contribution in [0, 0.1) is 22.7 Å². The van der Waals surface area contributed by atoms with E-state index in [2.05, 4.69) is 32.2 Å². The van der Waals surface area contributed by atoms with Crippen LogP contribution in [0.2, 0.25) is 0 Å². The number of nitrogens with zero attached hydrogens (tertiary/aromatic N) is 1. The number of hydrogen-bond acceptors (Lipinski definition) is 4. The van der Waals surface area contributed by atoms with Gasteiger partial charge in [0.25, 0.3) is 5.91 Å². The number of fused-ring (bicyclic) bond motifs is 2. The molecule has 27 heavy (non-hydrogen) atoms. The third-order valence-corrected chi connectivity index (χ3v) is 6.65. The normalized spacial score (nSPS) is 16.7. The van der Waals surface area contributed by atoms with Crippen LogP contribution in [0.5, 0.6) is 0 Å². The number of anilines is 1. The summed E-state index contributed by atoms with van der Waals surface area (Å²) in [5.41, 5.74) is 2.66. The van der Waals surface area contributed by atoms with Crippen molar-refractivity contribution in [1.29, 1.82) is 5.26 Å². The Hall–Kier alpha value is -2.58. The zero-order valence-corrected chi connectivity index (χ0v) is 16.6. The SMILES string of the molecule is CC(C)(C)[C@@H]1CCc2c(sc(NC(=O)c3cc4ccccc4o3)c2C#N)C1. The van der Waals surface area contributed by atoms with E-state index in [9.17, 15) is 10.1 Å². The Kier molecular flexibility index (Phi) is 4.32. The summed E-state index contributed by atoms with van der Waals surface area (Å²) in [6.45, 7) is 6.81. The molecule has 1 aliphatic carbocycles. The lowest BCUT2D eigenvalue weighted by molar-refractivity contribution is 0.0999. The number of carbonyl (C=O) groups excluding carboxylic acids is 1. The molecule has 0 bridgehead atoms. The third-order valence-electron chi connectivity index (χ3n) is 5.48. The Morgan fingerprint density at radius 1 is 1.33 bits per heavy atom. The van der Waals surface area contributed by atoms with E-state index in [1.807, 2.05) is 24.3 Å². The number of para-hydroxylation sites is 1. The number of amides is 1. The summed E-state index contributed by atoms with van der Waals surface area (Å²) < 4.78 is 5.65. The highest BCUT2D eigenvalue weighted by Crippen LogP contribution is 2.44. The molecule has 4 rings (SSSR count). The maximum absolute atomic E-state index is 12.7. The number of nitrogens with one attached hydrogen (secondary N) is 1. The molecule has 4 nitrogen and oxygen atoms in total. The molecule has 3 aromatic rings. The zero-order chi connectivity index (χ0) is 19.2. The van der Waals surface area contributed by atoms with E-state index in [0.29, 0.717) is 22.1 Å². The highest BCUT2D eigenvalue weighted by Gasteiger charge is 2.32. The molecule has 2 heterocycles. The van der Waals surface area contributed by atoms with Crippen LogP contribution in [0.4, 0.5) is 5.00 Å². The molecule has 0 aliphatic heterocycles. The van der Waals surface area contributed by atoms with Crippen LogP contribution in [-0.2, 0) is 12.8 Å². The van der Waals surface area contributed by atoms with Gasteiger partial charge in [0, 0.05) is 10.3 Å². The summed E-state index contributed by atoms with van der Waals surface area (Å²) in [4.78, 5) is 13.9. The van der Waals surface area contributed by atoms with Gasteiger partial charge in [0.2, 0.25) is 0 Å². The average Bonchev–Trinajstić information content (AvgIpc) is 3.20. The van der Waals surface area contributed by atoms with Crippen molar-refractivity contribution in [1.82, 2.24) is 0 Å². The average molecular weight is 378 g/mol. The molecule has 0 radical (unpaired) electrons. The maximum atomic E-state index is 12.7. The van der Waals surface area contributed by atoms with Crippen molar-refractivity contribution < 1.29 is 9.21 Å². The second kappa shape index (κ2) is 6.54. The monoisotopic (exact) mass is 378 g/mol. The maximum Gasteiger partial charge on any atom is 0.292 e. The molecule has 1 aliphatic rings. The lowest BCUT2D eigenvalue weighted by Crippen LogP contribution is -2.26. The Labute approximate surface area is 162 Å². The lowest BCUT2D eigenvalue weighted by Gasteiger charge is -2.33. The van der Waals surface area contributed by atoms with Crippen LogP contribution in [0.3, 0.4) is 0 Å². The topological polar surface area (TPSA) is 66.0 Å². The van der Waals surface area contributed by atoms with Gasteiger partial charge in [0.1, 0.15) is 16.7 Å². The number of benzene rings is 1. The molecule has 138 valence electrons. The Morgan fingerprint density at radius 2 is 2.11 bits per heavy atom. The van der Waals surface area contributed by atoms with E-state index in [4.69, 9.17) is 4.42 Å². The Morgan fingerprint density at radius 3 is 2.81 bits per heavy atom. The molecule has 1 aromatic carbocycles. The summed E-state index contributed by atoms with van der Waals surface area (Å²) in [7, 11) is 0. The van der Waals surface area contributed by atoms with Gasteiger partial charge >= 0.3 is 0 Å². The fraction of sp³-hybridized carbons (Fsp3) is 0.364. The van der Waals surface area contributed by atoms with E-state index in [1.165, 1.54) is 4.88 Å². The van der Waals surface area contributed by atoms with E-state index < -0.39 is 0 Å². The minimum atomic E-state index is -0.311. The molecule has 1 amide bonds. The van der Waals surface area contributed by atoms with Crippen molar-refractivity contribution in [3.8, 4) is 6.07 Å². The highest BCUT2D eigenvalue weighted by molar-refractivity contribution is 7.16. The van der Waals surface area contributed by atoms with Crippen LogP contribution in [0.1, 0.15) is 53.8 Å². The number of rotatable bonds is 2. The molecular formula is C22H22N2O2S. The first kappa shape index (κ1) is 17.8. The molecule has 0 saturated carbocycles. The van der Waals surface area contributed by atoms with Gasteiger partial charge in [0.15, 0.2) is 5.76 Å². The van der Waals surface area contributed by atoms with Crippen molar-refractivity contribution in [3.63, 3.8) is 0 Å². The van der Waals surface area contributed by atoms with Crippen molar-refractivity contribution in [3.05, 3.63) is 52.1 Å². The quantitative estimate of drug-likeness (QED) is 0.615. The van der Waals surface area contributed by atoms with Crippen LogP contribution < -0.4 is 5.32 Å². The predicted molar refractivity (Wildman–Crippen MR) is 108 cm³/mol. The first-order valence-corrected chi connectivity index (χ1v) is 10.0. The minimum Gasteiger partial charge on any atom is -0.451 e. The fourth-order valence-corrected chi connectivity index (χ4v) is 5.06. The molecule has 0 fully saturated rings. The highest BCUT2D eigenvalue weighted by atomic mass is 32.1. The third kappa shape index (κ3) is 3.26. The van der Waals surface area contributed by atoms with Crippen LogP contribution in [0.25, 0.3) is 11.0 Å². The van der Waals surface area contributed by atoms with Gasteiger partial charge in [-0.15, -0.1) is 11.3 Å². The summed E-state index contributed by atoms with van der Waals surface area (Å²) in [6.07, 6.45) is 2.95. The largest absolute Gasteiger partial charge is 0.451 e. The lowest BCUT2D eigenvalue weighted by atomic mass is 9.72. The molecule has 1 atom stereocenters. The summed E-state index contributed by atoms with van der Waals surface area (Å²) in [5.74, 6) is 0.543. The van der Waals surface area contributed by atoms with Gasteiger partial charge in [-0.2, -0.15) is 5.26 Å². The number of nitriles is 1. The molecule has 0 spiro atoms. The summed E-state index contributed by atoms with van der Waals surface area (Å²) in [5, 5.41) is 14.1. The summed E-state index contributed by atoms with van der Waals surface area (Å²) in [6, 6.07) is 11.6. The van der Waals surface area contributed by atoms with E-state index in [0.717, 1.165) is 30.2 Å². The van der Waals surface area contributed by atoms with Crippen LogP contribution in [-0.4, -0.2) is 5.91 Å². The second-order valence-corrected chi connectivity index (χ2v) is 9.33.